The van der Waals surface area contributed by atoms with Gasteiger partial charge in [0, 0.05) is 12.0 Å². The Hall–Kier alpha value is -2.23. The Labute approximate surface area is 106 Å². The van der Waals surface area contributed by atoms with Crippen LogP contribution in [-0.2, 0) is 4.79 Å². The maximum absolute atomic E-state index is 11.4. The molecule has 0 atom stereocenters. The van der Waals surface area contributed by atoms with Gasteiger partial charge in [-0.15, -0.1) is 0 Å². The normalized spacial score (nSPS) is 10.1. The second-order valence-corrected chi connectivity index (χ2v) is 3.79. The van der Waals surface area contributed by atoms with Crippen molar-refractivity contribution in [1.82, 2.24) is 0 Å². The summed E-state index contributed by atoms with van der Waals surface area (Å²) < 4.78 is 10.6. The van der Waals surface area contributed by atoms with Crippen molar-refractivity contribution in [2.45, 2.75) is 13.3 Å². The highest BCUT2D eigenvalue weighted by molar-refractivity contribution is 5.92. The summed E-state index contributed by atoms with van der Waals surface area (Å²) in [5.74, 6) is 1.34. The fraction of sp³-hybridized carbons (Fsp3) is 0.214. The Kier molecular flexibility index (Phi) is 3.67. The third kappa shape index (κ3) is 2.53. The summed E-state index contributed by atoms with van der Waals surface area (Å²) in [7, 11) is 1.57. The van der Waals surface area contributed by atoms with Crippen LogP contribution in [-0.4, -0.2) is 13.0 Å². The molecule has 94 valence electrons. The average Bonchev–Trinajstić information content (AvgIpc) is 2.93. The third-order valence-electron chi connectivity index (χ3n) is 2.60. The molecule has 1 amide bonds. The molecule has 1 N–H and O–H groups in total. The van der Waals surface area contributed by atoms with Gasteiger partial charge >= 0.3 is 0 Å². The first-order chi connectivity index (χ1) is 8.74. The lowest BCUT2D eigenvalue weighted by Crippen LogP contribution is -2.10. The van der Waals surface area contributed by atoms with E-state index in [0.29, 0.717) is 17.9 Å². The molecule has 1 aromatic carbocycles. The summed E-state index contributed by atoms with van der Waals surface area (Å²) in [6, 6.07) is 9.23. The van der Waals surface area contributed by atoms with Gasteiger partial charge in [0.2, 0.25) is 5.91 Å². The van der Waals surface area contributed by atoms with Crippen LogP contribution >= 0.6 is 0 Å². The Balaban J connectivity index is 2.31. The maximum Gasteiger partial charge on any atom is 0.224 e. The van der Waals surface area contributed by atoms with Gasteiger partial charge in [-0.1, -0.05) is 6.92 Å². The Morgan fingerprint density at radius 3 is 2.83 bits per heavy atom. The van der Waals surface area contributed by atoms with Gasteiger partial charge in [-0.3, -0.25) is 4.79 Å². The van der Waals surface area contributed by atoms with Crippen molar-refractivity contribution in [3.63, 3.8) is 0 Å². The summed E-state index contributed by atoms with van der Waals surface area (Å²) >= 11 is 0. The summed E-state index contributed by atoms with van der Waals surface area (Å²) in [4.78, 5) is 11.4. The highest BCUT2D eigenvalue weighted by Gasteiger charge is 2.09. The van der Waals surface area contributed by atoms with Crippen LogP contribution in [0.25, 0.3) is 11.3 Å². The standard InChI is InChI=1S/C14H15NO3/c1-3-14(16)15-11-7-6-10(9-13(11)17-2)12-5-4-8-18-12/h4-9H,3H2,1-2H3,(H,15,16). The minimum absolute atomic E-state index is 0.0425. The molecule has 0 saturated carbocycles. The van der Waals surface area contributed by atoms with Gasteiger partial charge in [-0.2, -0.15) is 0 Å². The van der Waals surface area contributed by atoms with Gasteiger partial charge in [0.15, 0.2) is 0 Å². The van der Waals surface area contributed by atoms with E-state index >= 15 is 0 Å². The molecule has 2 aromatic rings. The first-order valence-electron chi connectivity index (χ1n) is 5.76. The number of ether oxygens (including phenoxy) is 1. The molecule has 0 aliphatic rings. The van der Waals surface area contributed by atoms with E-state index in [1.807, 2.05) is 30.3 Å². The number of nitrogens with one attached hydrogen (secondary N) is 1. The molecule has 1 heterocycles. The molecular weight excluding hydrogens is 230 g/mol. The number of rotatable bonds is 4. The van der Waals surface area contributed by atoms with Crippen molar-refractivity contribution in [3.05, 3.63) is 36.6 Å². The lowest BCUT2D eigenvalue weighted by atomic mass is 10.1. The molecule has 0 aliphatic heterocycles. The molecule has 4 heteroatoms. The van der Waals surface area contributed by atoms with Crippen molar-refractivity contribution < 1.29 is 13.9 Å². The highest BCUT2D eigenvalue weighted by Crippen LogP contribution is 2.31. The lowest BCUT2D eigenvalue weighted by molar-refractivity contribution is -0.115. The maximum atomic E-state index is 11.4. The number of carbonyl (C=O) groups is 1. The molecule has 0 aliphatic carbocycles. The quantitative estimate of drug-likeness (QED) is 0.899. The van der Waals surface area contributed by atoms with E-state index in [1.165, 1.54) is 0 Å². The monoisotopic (exact) mass is 245 g/mol. The fourth-order valence-corrected chi connectivity index (χ4v) is 1.63. The number of furan rings is 1. The Morgan fingerprint density at radius 2 is 2.22 bits per heavy atom. The Bertz CT molecular complexity index is 532. The number of methoxy groups -OCH3 is 1. The van der Waals surface area contributed by atoms with Gasteiger partial charge in [0.05, 0.1) is 19.1 Å². The minimum Gasteiger partial charge on any atom is -0.495 e. The summed E-state index contributed by atoms with van der Waals surface area (Å²) in [5.41, 5.74) is 1.58. The van der Waals surface area contributed by atoms with Gasteiger partial charge in [-0.25, -0.2) is 0 Å². The molecule has 0 unspecified atom stereocenters. The van der Waals surface area contributed by atoms with E-state index in [1.54, 1.807) is 20.3 Å². The molecule has 0 fully saturated rings. The molecular formula is C14H15NO3. The van der Waals surface area contributed by atoms with Crippen LogP contribution in [0.2, 0.25) is 0 Å². The average molecular weight is 245 g/mol. The van der Waals surface area contributed by atoms with Crippen LogP contribution in [0.3, 0.4) is 0 Å². The van der Waals surface area contributed by atoms with Crippen molar-refractivity contribution >= 4 is 11.6 Å². The summed E-state index contributed by atoms with van der Waals surface area (Å²) in [6.45, 7) is 1.80. The van der Waals surface area contributed by atoms with E-state index in [2.05, 4.69) is 5.32 Å². The topological polar surface area (TPSA) is 51.5 Å². The van der Waals surface area contributed by atoms with Crippen molar-refractivity contribution in [2.75, 3.05) is 12.4 Å². The third-order valence-corrected chi connectivity index (χ3v) is 2.60. The number of carbonyl (C=O) groups excluding carboxylic acids is 1. The smallest absolute Gasteiger partial charge is 0.224 e. The summed E-state index contributed by atoms with van der Waals surface area (Å²) in [5, 5.41) is 2.79. The minimum atomic E-state index is -0.0425. The highest BCUT2D eigenvalue weighted by atomic mass is 16.5. The van der Waals surface area contributed by atoms with Crippen LogP contribution in [0.15, 0.2) is 41.0 Å². The fourth-order valence-electron chi connectivity index (χ4n) is 1.63. The second-order valence-electron chi connectivity index (χ2n) is 3.79. The van der Waals surface area contributed by atoms with Crippen LogP contribution in [0, 0.1) is 0 Å². The van der Waals surface area contributed by atoms with Gasteiger partial charge < -0.3 is 14.5 Å². The van der Waals surface area contributed by atoms with Crippen LogP contribution in [0.5, 0.6) is 5.75 Å². The van der Waals surface area contributed by atoms with E-state index in [4.69, 9.17) is 9.15 Å². The molecule has 0 radical (unpaired) electrons. The SMILES string of the molecule is CCC(=O)Nc1ccc(-c2ccco2)cc1OC. The predicted molar refractivity (Wildman–Crippen MR) is 69.6 cm³/mol. The predicted octanol–water partition coefficient (Wildman–Crippen LogP) is 3.30. The van der Waals surface area contributed by atoms with Crippen LogP contribution in [0.4, 0.5) is 5.69 Å². The number of amides is 1. The second kappa shape index (κ2) is 5.40. The molecule has 0 bridgehead atoms. The van der Waals surface area contributed by atoms with Crippen LogP contribution in [0.1, 0.15) is 13.3 Å². The van der Waals surface area contributed by atoms with Crippen LogP contribution < -0.4 is 10.1 Å². The first kappa shape index (κ1) is 12.2. The van der Waals surface area contributed by atoms with E-state index in [-0.39, 0.29) is 5.91 Å². The van der Waals surface area contributed by atoms with Gasteiger partial charge in [0.1, 0.15) is 11.5 Å². The summed E-state index contributed by atoms with van der Waals surface area (Å²) in [6.07, 6.45) is 2.05. The number of benzene rings is 1. The zero-order chi connectivity index (χ0) is 13.0. The lowest BCUT2D eigenvalue weighted by Gasteiger charge is -2.10. The molecule has 0 spiro atoms. The van der Waals surface area contributed by atoms with E-state index < -0.39 is 0 Å². The molecule has 1 aromatic heterocycles. The number of hydrogen-bond donors (Lipinski definition) is 1. The van der Waals surface area contributed by atoms with Crippen molar-refractivity contribution in [1.29, 1.82) is 0 Å². The number of anilines is 1. The number of hydrogen-bond acceptors (Lipinski definition) is 3. The van der Waals surface area contributed by atoms with Crippen molar-refractivity contribution in [2.24, 2.45) is 0 Å². The van der Waals surface area contributed by atoms with E-state index in [0.717, 1.165) is 11.3 Å². The van der Waals surface area contributed by atoms with E-state index in [9.17, 15) is 4.79 Å². The molecule has 4 nitrogen and oxygen atoms in total. The molecule has 2 rings (SSSR count). The largest absolute Gasteiger partial charge is 0.495 e. The van der Waals surface area contributed by atoms with Crippen molar-refractivity contribution in [3.8, 4) is 17.1 Å². The molecule has 18 heavy (non-hydrogen) atoms. The Morgan fingerprint density at radius 1 is 1.39 bits per heavy atom. The van der Waals surface area contributed by atoms with Gasteiger partial charge in [-0.05, 0) is 30.3 Å². The van der Waals surface area contributed by atoms with Gasteiger partial charge in [0.25, 0.3) is 0 Å². The zero-order valence-electron chi connectivity index (χ0n) is 10.4. The molecule has 0 saturated heterocycles. The first-order valence-corrected chi connectivity index (χ1v) is 5.76. The zero-order valence-corrected chi connectivity index (χ0v) is 10.4.